The highest BCUT2D eigenvalue weighted by Crippen LogP contribution is 2.30. The zero-order valence-corrected chi connectivity index (χ0v) is 14.5. The zero-order chi connectivity index (χ0) is 18.9. The molecule has 0 N–H and O–H groups in total. The summed E-state index contributed by atoms with van der Waals surface area (Å²) in [7, 11) is -1.47. The molecule has 12 heteroatoms. The Morgan fingerprint density at radius 3 is 2.31 bits per heavy atom. The average molecular weight is 376 g/mol. The van der Waals surface area contributed by atoms with Crippen molar-refractivity contribution in [3.63, 3.8) is 0 Å². The first-order chi connectivity index (χ1) is 12.4. The standard InChI is InChI=1S/C14H12N6O5S/c1-24-13-16-12(17-14(18-13)25-2)19(7-15)8-20-11(21)9-5-3-4-6-10(9)26(20,22)23/h3-6H,8H2,1-2H3. The Kier molecular flexibility index (Phi) is 4.31. The van der Waals surface area contributed by atoms with Gasteiger partial charge >= 0.3 is 12.0 Å². The maximum absolute atomic E-state index is 12.6. The van der Waals surface area contributed by atoms with E-state index in [9.17, 15) is 18.5 Å². The number of hydrogen-bond acceptors (Lipinski definition) is 10. The van der Waals surface area contributed by atoms with Crippen molar-refractivity contribution in [1.82, 2.24) is 19.3 Å². The van der Waals surface area contributed by atoms with Crippen molar-refractivity contribution in [2.45, 2.75) is 4.90 Å². The van der Waals surface area contributed by atoms with Gasteiger partial charge in [-0.15, -0.1) is 4.98 Å². The lowest BCUT2D eigenvalue weighted by atomic mass is 10.2. The Hall–Kier alpha value is -3.46. The third-order valence-electron chi connectivity index (χ3n) is 3.49. The molecule has 1 aromatic heterocycles. The molecule has 0 bridgehead atoms. The molecule has 3 rings (SSSR count). The van der Waals surface area contributed by atoms with Crippen LogP contribution in [0.3, 0.4) is 0 Å². The predicted molar refractivity (Wildman–Crippen MR) is 85.7 cm³/mol. The number of anilines is 1. The molecule has 0 aliphatic carbocycles. The van der Waals surface area contributed by atoms with Crippen LogP contribution in [0, 0.1) is 11.5 Å². The van der Waals surface area contributed by atoms with Crippen LogP contribution in [0.5, 0.6) is 12.0 Å². The number of nitrogens with zero attached hydrogens (tertiary/aromatic N) is 6. The monoisotopic (exact) mass is 376 g/mol. The van der Waals surface area contributed by atoms with E-state index in [2.05, 4.69) is 15.0 Å². The van der Waals surface area contributed by atoms with E-state index in [1.807, 2.05) is 0 Å². The highest BCUT2D eigenvalue weighted by atomic mass is 32.2. The van der Waals surface area contributed by atoms with Crippen molar-refractivity contribution in [3.05, 3.63) is 29.8 Å². The Morgan fingerprint density at radius 2 is 1.77 bits per heavy atom. The molecule has 2 heterocycles. The predicted octanol–water partition coefficient (Wildman–Crippen LogP) is -0.0215. The molecule has 0 spiro atoms. The summed E-state index contributed by atoms with van der Waals surface area (Å²) in [6.07, 6.45) is 1.74. The maximum atomic E-state index is 12.6. The van der Waals surface area contributed by atoms with Crippen molar-refractivity contribution in [2.75, 3.05) is 25.8 Å². The SMILES string of the molecule is COc1nc(OC)nc(N(C#N)CN2C(=O)c3ccccc3S2(=O)=O)n1. The summed E-state index contributed by atoms with van der Waals surface area (Å²) in [5.41, 5.74) is 0.0381. The number of amides is 1. The first-order valence-electron chi connectivity index (χ1n) is 7.09. The summed E-state index contributed by atoms with van der Waals surface area (Å²) in [6, 6.07) is 5.53. The number of sulfonamides is 1. The molecule has 0 saturated heterocycles. The molecule has 26 heavy (non-hydrogen) atoms. The van der Waals surface area contributed by atoms with Crippen LogP contribution in [0.25, 0.3) is 0 Å². The first-order valence-corrected chi connectivity index (χ1v) is 8.53. The fourth-order valence-corrected chi connectivity index (χ4v) is 3.78. The molecule has 0 radical (unpaired) electrons. The van der Waals surface area contributed by atoms with Gasteiger partial charge in [0.1, 0.15) is 11.6 Å². The third-order valence-corrected chi connectivity index (χ3v) is 5.27. The summed E-state index contributed by atoms with van der Waals surface area (Å²) in [6.45, 7) is -0.608. The number of aromatic nitrogens is 3. The lowest BCUT2D eigenvalue weighted by Gasteiger charge is -2.20. The molecule has 11 nitrogen and oxygen atoms in total. The fraction of sp³-hybridized carbons (Fsp3) is 0.214. The Balaban J connectivity index is 1.98. The molecule has 2 aromatic rings. The largest absolute Gasteiger partial charge is 0.467 e. The number of rotatable bonds is 5. The Bertz CT molecular complexity index is 996. The van der Waals surface area contributed by atoms with Crippen LogP contribution in [0.4, 0.5) is 5.95 Å². The van der Waals surface area contributed by atoms with Crippen molar-refractivity contribution >= 4 is 21.9 Å². The van der Waals surface area contributed by atoms with Gasteiger partial charge in [0.15, 0.2) is 6.19 Å². The zero-order valence-electron chi connectivity index (χ0n) is 13.6. The van der Waals surface area contributed by atoms with Crippen LogP contribution >= 0.6 is 0 Å². The summed E-state index contributed by atoms with van der Waals surface area (Å²) in [5, 5.41) is 9.40. The molecule has 0 saturated carbocycles. The van der Waals surface area contributed by atoms with Crippen molar-refractivity contribution in [2.24, 2.45) is 0 Å². The van der Waals surface area contributed by atoms with Gasteiger partial charge < -0.3 is 9.47 Å². The van der Waals surface area contributed by atoms with Gasteiger partial charge in [-0.3, -0.25) is 4.79 Å². The molecule has 134 valence electrons. The number of fused-ring (bicyclic) bond motifs is 1. The quantitative estimate of drug-likeness (QED) is 0.516. The van der Waals surface area contributed by atoms with Gasteiger partial charge in [0.05, 0.1) is 19.8 Å². The van der Waals surface area contributed by atoms with E-state index in [4.69, 9.17) is 9.47 Å². The number of methoxy groups -OCH3 is 2. The Morgan fingerprint density at radius 1 is 1.15 bits per heavy atom. The van der Waals surface area contributed by atoms with Gasteiger partial charge in [-0.05, 0) is 12.1 Å². The van der Waals surface area contributed by atoms with E-state index in [0.29, 0.717) is 4.31 Å². The molecule has 1 aromatic carbocycles. The van der Waals surface area contributed by atoms with Crippen molar-refractivity contribution in [3.8, 4) is 18.2 Å². The smallest absolute Gasteiger partial charge is 0.324 e. The maximum Gasteiger partial charge on any atom is 0.324 e. The van der Waals surface area contributed by atoms with Crippen LogP contribution < -0.4 is 14.4 Å². The highest BCUT2D eigenvalue weighted by molar-refractivity contribution is 7.90. The number of carbonyl (C=O) groups excluding carboxylic acids is 1. The second-order valence-corrected chi connectivity index (χ2v) is 6.76. The minimum absolute atomic E-state index is 0.0381. The van der Waals surface area contributed by atoms with Gasteiger partial charge in [0.25, 0.3) is 15.9 Å². The van der Waals surface area contributed by atoms with Crippen LogP contribution in [-0.2, 0) is 10.0 Å². The van der Waals surface area contributed by atoms with Crippen molar-refractivity contribution < 1.29 is 22.7 Å². The van der Waals surface area contributed by atoms with Crippen LogP contribution in [0.2, 0.25) is 0 Å². The second-order valence-electron chi connectivity index (χ2n) is 4.93. The minimum Gasteiger partial charge on any atom is -0.467 e. The van der Waals surface area contributed by atoms with Gasteiger partial charge in [-0.1, -0.05) is 12.1 Å². The van der Waals surface area contributed by atoms with E-state index in [1.54, 1.807) is 12.3 Å². The van der Waals surface area contributed by atoms with Gasteiger partial charge in [-0.25, -0.2) is 17.6 Å². The van der Waals surface area contributed by atoms with Gasteiger partial charge in [0, 0.05) is 0 Å². The van der Waals surface area contributed by atoms with Gasteiger partial charge in [-0.2, -0.15) is 15.2 Å². The van der Waals surface area contributed by atoms with E-state index in [0.717, 1.165) is 4.90 Å². The highest BCUT2D eigenvalue weighted by Gasteiger charge is 2.42. The van der Waals surface area contributed by atoms with Crippen LogP contribution in [0.15, 0.2) is 29.2 Å². The van der Waals surface area contributed by atoms with Gasteiger partial charge in [0.2, 0.25) is 5.95 Å². The van der Waals surface area contributed by atoms with E-state index >= 15 is 0 Å². The van der Waals surface area contributed by atoms with E-state index in [-0.39, 0.29) is 28.4 Å². The summed E-state index contributed by atoms with van der Waals surface area (Å²) >= 11 is 0. The van der Waals surface area contributed by atoms with E-state index < -0.39 is 22.6 Å². The average Bonchev–Trinajstić information content (AvgIpc) is 2.85. The molecule has 0 unspecified atom stereocenters. The summed E-state index contributed by atoms with van der Waals surface area (Å²) < 4.78 is 35.5. The number of ether oxygens (including phenoxy) is 2. The van der Waals surface area contributed by atoms with Crippen molar-refractivity contribution in [1.29, 1.82) is 5.26 Å². The minimum atomic E-state index is -4.08. The normalized spacial score (nSPS) is 14.5. The topological polar surface area (TPSA) is 139 Å². The van der Waals surface area contributed by atoms with Crippen LogP contribution in [-0.4, -0.2) is 54.5 Å². The number of benzene rings is 1. The van der Waals surface area contributed by atoms with Crippen LogP contribution in [0.1, 0.15) is 10.4 Å². The molecule has 1 amide bonds. The third kappa shape index (κ3) is 2.74. The molecule has 1 aliphatic heterocycles. The number of nitriles is 1. The molecular formula is C14H12N6O5S. The number of hydrogen-bond donors (Lipinski definition) is 0. The second kappa shape index (κ2) is 6.45. The van der Waals surface area contributed by atoms with E-state index in [1.165, 1.54) is 32.4 Å². The Labute approximate surface area is 148 Å². The molecule has 0 atom stereocenters. The summed E-state index contributed by atoms with van der Waals surface area (Å²) in [4.78, 5) is 24.7. The lowest BCUT2D eigenvalue weighted by Crippen LogP contribution is -2.40. The molecule has 0 fully saturated rings. The lowest BCUT2D eigenvalue weighted by molar-refractivity contribution is 0.0873. The fourth-order valence-electron chi connectivity index (χ4n) is 2.27. The molecular weight excluding hydrogens is 364 g/mol. The molecule has 1 aliphatic rings. The number of carbonyl (C=O) groups is 1. The first kappa shape index (κ1) is 17.4. The summed E-state index contributed by atoms with van der Waals surface area (Å²) in [5.74, 6) is -0.969.